The number of hydrogen-bond acceptors (Lipinski definition) is 1. The maximum absolute atomic E-state index is 12.0. The van der Waals surface area contributed by atoms with Crippen molar-refractivity contribution >= 4 is 11.7 Å². The number of urea groups is 1. The predicted octanol–water partition coefficient (Wildman–Crippen LogP) is 4.00. The second-order valence-corrected chi connectivity index (χ2v) is 4.88. The van der Waals surface area contributed by atoms with E-state index >= 15 is 0 Å². The molecule has 0 unspecified atom stereocenters. The van der Waals surface area contributed by atoms with Gasteiger partial charge in [-0.2, -0.15) is 0 Å². The minimum Gasteiger partial charge on any atom is -0.334 e. The van der Waals surface area contributed by atoms with Crippen LogP contribution in [-0.4, -0.2) is 12.1 Å². The van der Waals surface area contributed by atoms with Crippen molar-refractivity contribution in [3.8, 4) is 0 Å². The molecule has 2 rings (SSSR count). The molecule has 0 radical (unpaired) electrons. The summed E-state index contributed by atoms with van der Waals surface area (Å²) in [4.78, 5) is 12.0. The van der Waals surface area contributed by atoms with Gasteiger partial charge in [0.1, 0.15) is 0 Å². The van der Waals surface area contributed by atoms with E-state index in [1.807, 2.05) is 54.6 Å². The Balaban J connectivity index is 1.93. The number of para-hydroxylation sites is 1. The van der Waals surface area contributed by atoms with Crippen LogP contribution in [0.15, 0.2) is 73.3 Å². The van der Waals surface area contributed by atoms with Gasteiger partial charge in [-0.05, 0) is 30.5 Å². The first kappa shape index (κ1) is 14.9. The Morgan fingerprint density at radius 1 is 1.05 bits per heavy atom. The van der Waals surface area contributed by atoms with Gasteiger partial charge < -0.3 is 10.6 Å². The van der Waals surface area contributed by atoms with Gasteiger partial charge >= 0.3 is 6.03 Å². The Labute approximate surface area is 125 Å². The largest absolute Gasteiger partial charge is 0.334 e. The molecule has 2 aromatic rings. The van der Waals surface area contributed by atoms with Crippen molar-refractivity contribution in [2.75, 3.05) is 5.32 Å². The molecule has 0 saturated heterocycles. The van der Waals surface area contributed by atoms with E-state index in [9.17, 15) is 4.79 Å². The summed E-state index contributed by atoms with van der Waals surface area (Å²) in [5.41, 5.74) is 1.98. The second-order valence-electron chi connectivity index (χ2n) is 4.88. The predicted molar refractivity (Wildman–Crippen MR) is 87.3 cm³/mol. The number of hydrogen-bond donors (Lipinski definition) is 2. The average molecular weight is 280 g/mol. The van der Waals surface area contributed by atoms with Crippen LogP contribution < -0.4 is 10.6 Å². The van der Waals surface area contributed by atoms with Gasteiger partial charge in [0.05, 0.1) is 0 Å². The Morgan fingerprint density at radius 2 is 1.67 bits per heavy atom. The minimum absolute atomic E-state index is 0.0358. The number of carbonyl (C=O) groups excluding carboxylic acids is 1. The molecule has 108 valence electrons. The Morgan fingerprint density at radius 3 is 2.29 bits per heavy atom. The molecule has 3 heteroatoms. The molecule has 0 spiro atoms. The first-order valence-corrected chi connectivity index (χ1v) is 7.05. The summed E-state index contributed by atoms with van der Waals surface area (Å²) in [6, 6.07) is 19.4. The lowest BCUT2D eigenvalue weighted by molar-refractivity contribution is 0.248. The van der Waals surface area contributed by atoms with E-state index in [-0.39, 0.29) is 12.1 Å². The highest BCUT2D eigenvalue weighted by Gasteiger charge is 2.11. The highest BCUT2D eigenvalue weighted by molar-refractivity contribution is 5.89. The van der Waals surface area contributed by atoms with Crippen LogP contribution in [0.25, 0.3) is 0 Å². The van der Waals surface area contributed by atoms with Gasteiger partial charge in [-0.3, -0.25) is 0 Å². The number of nitrogens with one attached hydrogen (secondary N) is 2. The van der Waals surface area contributed by atoms with Crippen molar-refractivity contribution in [3.05, 3.63) is 78.9 Å². The number of carbonyl (C=O) groups is 1. The standard InChI is InChI=1S/C18H20N2O/c1-2-9-17(14-15-10-5-3-6-11-15)20-18(21)19-16-12-7-4-8-13-16/h2-8,10-13,17H,1,9,14H2,(H2,19,20,21)/t17-/m1/s1. The third kappa shape index (κ3) is 5.15. The molecule has 0 bridgehead atoms. The Kier molecular flexibility index (Phi) is 5.59. The molecule has 0 aliphatic rings. The zero-order valence-electron chi connectivity index (χ0n) is 12.0. The van der Waals surface area contributed by atoms with Crippen molar-refractivity contribution < 1.29 is 4.79 Å². The van der Waals surface area contributed by atoms with E-state index in [1.165, 1.54) is 5.56 Å². The summed E-state index contributed by atoms with van der Waals surface area (Å²) in [5.74, 6) is 0. The van der Waals surface area contributed by atoms with Crippen LogP contribution in [0.3, 0.4) is 0 Å². The van der Waals surface area contributed by atoms with E-state index in [1.54, 1.807) is 0 Å². The van der Waals surface area contributed by atoms with Crippen LogP contribution in [0, 0.1) is 0 Å². The molecular weight excluding hydrogens is 260 g/mol. The van der Waals surface area contributed by atoms with Crippen LogP contribution in [-0.2, 0) is 6.42 Å². The van der Waals surface area contributed by atoms with E-state index in [2.05, 4.69) is 29.3 Å². The lowest BCUT2D eigenvalue weighted by Crippen LogP contribution is -2.39. The van der Waals surface area contributed by atoms with Gasteiger partial charge in [0.25, 0.3) is 0 Å². The number of amides is 2. The smallest absolute Gasteiger partial charge is 0.319 e. The van der Waals surface area contributed by atoms with Crippen LogP contribution in [0.4, 0.5) is 10.5 Å². The molecule has 2 N–H and O–H groups in total. The number of anilines is 1. The molecular formula is C18H20N2O. The molecule has 0 aliphatic heterocycles. The fraction of sp³-hybridized carbons (Fsp3) is 0.167. The van der Waals surface area contributed by atoms with E-state index in [0.717, 1.165) is 18.5 Å². The third-order valence-electron chi connectivity index (χ3n) is 3.14. The molecule has 0 aliphatic carbocycles. The summed E-state index contributed by atoms with van der Waals surface area (Å²) in [6.07, 6.45) is 3.35. The fourth-order valence-corrected chi connectivity index (χ4v) is 2.17. The van der Waals surface area contributed by atoms with Crippen molar-refractivity contribution in [2.45, 2.75) is 18.9 Å². The van der Waals surface area contributed by atoms with Gasteiger partial charge in [-0.15, -0.1) is 6.58 Å². The number of benzene rings is 2. The van der Waals surface area contributed by atoms with Gasteiger partial charge in [0, 0.05) is 11.7 Å². The highest BCUT2D eigenvalue weighted by Crippen LogP contribution is 2.08. The molecule has 1 atom stereocenters. The van der Waals surface area contributed by atoms with E-state index < -0.39 is 0 Å². The molecule has 2 aromatic carbocycles. The van der Waals surface area contributed by atoms with Gasteiger partial charge in [-0.1, -0.05) is 54.6 Å². The lowest BCUT2D eigenvalue weighted by atomic mass is 10.0. The van der Waals surface area contributed by atoms with Crippen molar-refractivity contribution in [1.29, 1.82) is 0 Å². The molecule has 21 heavy (non-hydrogen) atoms. The fourth-order valence-electron chi connectivity index (χ4n) is 2.17. The van der Waals surface area contributed by atoms with Crippen LogP contribution >= 0.6 is 0 Å². The van der Waals surface area contributed by atoms with Crippen LogP contribution in [0.2, 0.25) is 0 Å². The molecule has 2 amide bonds. The lowest BCUT2D eigenvalue weighted by Gasteiger charge is -2.18. The SMILES string of the molecule is C=CC[C@H](Cc1ccccc1)NC(=O)Nc1ccccc1. The average Bonchev–Trinajstić information content (AvgIpc) is 2.49. The Bertz CT molecular complexity index is 566. The number of rotatable bonds is 6. The highest BCUT2D eigenvalue weighted by atomic mass is 16.2. The molecule has 3 nitrogen and oxygen atoms in total. The summed E-state index contributed by atoms with van der Waals surface area (Å²) in [7, 11) is 0. The molecule has 0 saturated carbocycles. The van der Waals surface area contributed by atoms with Crippen molar-refractivity contribution in [3.63, 3.8) is 0 Å². The zero-order valence-corrected chi connectivity index (χ0v) is 12.0. The van der Waals surface area contributed by atoms with Gasteiger partial charge in [0.2, 0.25) is 0 Å². The maximum Gasteiger partial charge on any atom is 0.319 e. The molecule has 0 fully saturated rings. The van der Waals surface area contributed by atoms with E-state index in [0.29, 0.717) is 0 Å². The van der Waals surface area contributed by atoms with Crippen molar-refractivity contribution in [2.24, 2.45) is 0 Å². The minimum atomic E-state index is -0.191. The first-order valence-electron chi connectivity index (χ1n) is 7.05. The maximum atomic E-state index is 12.0. The van der Waals surface area contributed by atoms with Crippen molar-refractivity contribution in [1.82, 2.24) is 5.32 Å². The normalized spacial score (nSPS) is 11.4. The quantitative estimate of drug-likeness (QED) is 0.772. The third-order valence-corrected chi connectivity index (χ3v) is 3.14. The monoisotopic (exact) mass is 280 g/mol. The van der Waals surface area contributed by atoms with Crippen LogP contribution in [0.1, 0.15) is 12.0 Å². The Hall–Kier alpha value is -2.55. The summed E-state index contributed by atoms with van der Waals surface area (Å²) >= 11 is 0. The molecule has 0 heterocycles. The van der Waals surface area contributed by atoms with Gasteiger partial charge in [0.15, 0.2) is 0 Å². The first-order chi connectivity index (χ1) is 10.3. The topological polar surface area (TPSA) is 41.1 Å². The summed E-state index contributed by atoms with van der Waals surface area (Å²) in [6.45, 7) is 3.76. The summed E-state index contributed by atoms with van der Waals surface area (Å²) in [5, 5.41) is 5.83. The second kappa shape index (κ2) is 7.90. The van der Waals surface area contributed by atoms with E-state index in [4.69, 9.17) is 0 Å². The van der Waals surface area contributed by atoms with Gasteiger partial charge in [-0.25, -0.2) is 4.79 Å². The molecule has 0 aromatic heterocycles. The zero-order chi connectivity index (χ0) is 14.9. The van der Waals surface area contributed by atoms with Crippen LogP contribution in [0.5, 0.6) is 0 Å². The summed E-state index contributed by atoms with van der Waals surface area (Å²) < 4.78 is 0.